The van der Waals surface area contributed by atoms with Crippen LogP contribution in [0.3, 0.4) is 0 Å². The molecule has 0 saturated heterocycles. The van der Waals surface area contributed by atoms with Crippen molar-refractivity contribution in [1.82, 2.24) is 14.8 Å². The van der Waals surface area contributed by atoms with Crippen molar-refractivity contribution in [1.29, 1.82) is 0 Å². The summed E-state index contributed by atoms with van der Waals surface area (Å²) in [5.41, 5.74) is -0.287. The highest BCUT2D eigenvalue weighted by atomic mass is 32.2. The van der Waals surface area contributed by atoms with Crippen LogP contribution in [0.2, 0.25) is 0 Å². The van der Waals surface area contributed by atoms with E-state index in [1.54, 1.807) is 7.05 Å². The molecule has 0 bridgehead atoms. The lowest BCUT2D eigenvalue weighted by molar-refractivity contribution is -0.137. The Morgan fingerprint density at radius 1 is 1.38 bits per heavy atom. The third-order valence-electron chi connectivity index (χ3n) is 2.71. The Kier molecular flexibility index (Phi) is 4.21. The van der Waals surface area contributed by atoms with Crippen LogP contribution in [0.4, 0.5) is 13.2 Å². The van der Waals surface area contributed by atoms with Gasteiger partial charge in [-0.25, -0.2) is 9.78 Å². The van der Waals surface area contributed by atoms with Crippen LogP contribution >= 0.6 is 11.8 Å². The molecule has 0 saturated carbocycles. The van der Waals surface area contributed by atoms with E-state index in [-0.39, 0.29) is 11.3 Å². The molecule has 0 aliphatic carbocycles. The first-order valence-corrected chi connectivity index (χ1v) is 6.68. The molecule has 0 aliphatic heterocycles. The highest BCUT2D eigenvalue weighted by molar-refractivity contribution is 7.98. The van der Waals surface area contributed by atoms with Crippen LogP contribution in [0.15, 0.2) is 29.6 Å². The summed E-state index contributed by atoms with van der Waals surface area (Å²) < 4.78 is 38.6. The molecule has 2 aromatic rings. The third-order valence-corrected chi connectivity index (χ3v) is 3.67. The maximum atomic E-state index is 12.4. The Balaban J connectivity index is 2.10. The number of hydrogen-bond donors (Lipinski definition) is 1. The van der Waals surface area contributed by atoms with Crippen molar-refractivity contribution in [2.75, 3.05) is 0 Å². The summed E-state index contributed by atoms with van der Waals surface area (Å²) in [4.78, 5) is 14.7. The van der Waals surface area contributed by atoms with Gasteiger partial charge in [0.2, 0.25) is 0 Å². The fourth-order valence-corrected chi connectivity index (χ4v) is 2.51. The molecule has 0 atom stereocenters. The maximum Gasteiger partial charge on any atom is 0.417 e. The van der Waals surface area contributed by atoms with Gasteiger partial charge in [0.1, 0.15) is 5.56 Å². The lowest BCUT2D eigenvalue weighted by atomic mass is 10.3. The Hall–Kier alpha value is -2.03. The number of alkyl halides is 3. The van der Waals surface area contributed by atoms with E-state index >= 15 is 0 Å². The number of rotatable bonds is 4. The second-order valence-electron chi connectivity index (χ2n) is 4.11. The minimum atomic E-state index is -4.42. The molecule has 2 aromatic heterocycles. The van der Waals surface area contributed by atoms with E-state index < -0.39 is 17.7 Å². The highest BCUT2D eigenvalue weighted by Gasteiger charge is 2.30. The van der Waals surface area contributed by atoms with Crippen LogP contribution in [-0.2, 0) is 19.0 Å². The van der Waals surface area contributed by atoms with Gasteiger partial charge in [-0.1, -0.05) is 0 Å². The molecule has 0 unspecified atom stereocenters. The van der Waals surface area contributed by atoms with Gasteiger partial charge in [0.05, 0.1) is 22.5 Å². The summed E-state index contributed by atoms with van der Waals surface area (Å²) in [6.07, 6.45) is -2.43. The normalized spacial score (nSPS) is 11.6. The van der Waals surface area contributed by atoms with Gasteiger partial charge in [0.15, 0.2) is 0 Å². The summed E-state index contributed by atoms with van der Waals surface area (Å²) in [6, 6.07) is 2.20. The standard InChI is InChI=1S/C12H10F3N3O2S/c1-18-9(8(5-17-18)11(19)20)6-21-10-3-2-7(4-16-10)12(13,14)15/h2-5H,6H2,1H3,(H,19,20). The molecule has 2 heterocycles. The number of pyridine rings is 1. The van der Waals surface area contributed by atoms with E-state index in [0.29, 0.717) is 10.7 Å². The number of aromatic carboxylic acids is 1. The molecule has 1 N–H and O–H groups in total. The van der Waals surface area contributed by atoms with E-state index in [0.717, 1.165) is 24.0 Å². The van der Waals surface area contributed by atoms with Gasteiger partial charge in [0.25, 0.3) is 0 Å². The lowest BCUT2D eigenvalue weighted by Gasteiger charge is -2.07. The van der Waals surface area contributed by atoms with Crippen LogP contribution in [0.5, 0.6) is 0 Å². The predicted octanol–water partition coefficient (Wildman–Crippen LogP) is 2.82. The quantitative estimate of drug-likeness (QED) is 0.878. The first kappa shape index (κ1) is 15.4. The van der Waals surface area contributed by atoms with Crippen molar-refractivity contribution in [3.05, 3.63) is 41.3 Å². The topological polar surface area (TPSA) is 68.0 Å². The first-order valence-electron chi connectivity index (χ1n) is 5.69. The molecule has 0 aromatic carbocycles. The molecule has 0 radical (unpaired) electrons. The van der Waals surface area contributed by atoms with Crippen LogP contribution in [0.25, 0.3) is 0 Å². The molecule has 0 spiro atoms. The van der Waals surface area contributed by atoms with Gasteiger partial charge in [-0.2, -0.15) is 18.3 Å². The van der Waals surface area contributed by atoms with E-state index in [1.165, 1.54) is 16.9 Å². The number of carboxylic acids is 1. The number of carboxylic acid groups (broad SMARTS) is 1. The second kappa shape index (κ2) is 5.76. The minimum Gasteiger partial charge on any atom is -0.478 e. The molecule has 2 rings (SSSR count). The van der Waals surface area contributed by atoms with Crippen molar-refractivity contribution in [3.8, 4) is 0 Å². The van der Waals surface area contributed by atoms with Crippen molar-refractivity contribution in [2.24, 2.45) is 7.05 Å². The zero-order chi connectivity index (χ0) is 15.6. The van der Waals surface area contributed by atoms with Crippen LogP contribution in [-0.4, -0.2) is 25.8 Å². The summed E-state index contributed by atoms with van der Waals surface area (Å²) >= 11 is 1.14. The SMILES string of the molecule is Cn1ncc(C(=O)O)c1CSc1ccc(C(F)(F)F)cn1. The monoisotopic (exact) mass is 317 g/mol. The number of aryl methyl sites for hydroxylation is 1. The fourth-order valence-electron chi connectivity index (χ4n) is 1.59. The number of aromatic nitrogens is 3. The summed E-state index contributed by atoms with van der Waals surface area (Å²) in [6.45, 7) is 0. The Bertz CT molecular complexity index is 653. The van der Waals surface area contributed by atoms with Gasteiger partial charge in [-0.05, 0) is 12.1 Å². The number of carbonyl (C=O) groups is 1. The fraction of sp³-hybridized carbons (Fsp3) is 0.250. The number of hydrogen-bond acceptors (Lipinski definition) is 4. The highest BCUT2D eigenvalue weighted by Crippen LogP contribution is 2.30. The van der Waals surface area contributed by atoms with Crippen molar-refractivity contribution in [2.45, 2.75) is 17.0 Å². The van der Waals surface area contributed by atoms with Gasteiger partial charge in [-0.15, -0.1) is 11.8 Å². The smallest absolute Gasteiger partial charge is 0.417 e. The molecular weight excluding hydrogens is 307 g/mol. The molecular formula is C12H10F3N3O2S. The maximum absolute atomic E-state index is 12.4. The van der Waals surface area contributed by atoms with E-state index in [9.17, 15) is 18.0 Å². The summed E-state index contributed by atoms with van der Waals surface area (Å²) in [5.74, 6) is -0.852. The molecule has 0 aliphatic rings. The zero-order valence-corrected chi connectivity index (χ0v) is 11.6. The average Bonchev–Trinajstić information content (AvgIpc) is 2.77. The molecule has 21 heavy (non-hydrogen) atoms. The second-order valence-corrected chi connectivity index (χ2v) is 5.10. The average molecular weight is 317 g/mol. The van der Waals surface area contributed by atoms with E-state index in [1.807, 2.05) is 0 Å². The van der Waals surface area contributed by atoms with Gasteiger partial charge >= 0.3 is 12.1 Å². The lowest BCUT2D eigenvalue weighted by Crippen LogP contribution is -2.05. The van der Waals surface area contributed by atoms with Gasteiger partial charge < -0.3 is 5.11 Å². The van der Waals surface area contributed by atoms with E-state index in [4.69, 9.17) is 5.11 Å². The van der Waals surface area contributed by atoms with Gasteiger partial charge in [-0.3, -0.25) is 4.68 Å². The summed E-state index contributed by atoms with van der Waals surface area (Å²) in [5, 5.41) is 13.2. The van der Waals surface area contributed by atoms with Crippen molar-refractivity contribution >= 4 is 17.7 Å². The van der Waals surface area contributed by atoms with Crippen LogP contribution < -0.4 is 0 Å². The zero-order valence-electron chi connectivity index (χ0n) is 10.8. The van der Waals surface area contributed by atoms with E-state index in [2.05, 4.69) is 10.1 Å². The predicted molar refractivity (Wildman–Crippen MR) is 69.0 cm³/mol. The first-order chi connectivity index (χ1) is 9.79. The van der Waals surface area contributed by atoms with Crippen LogP contribution in [0.1, 0.15) is 21.6 Å². The molecule has 0 fully saturated rings. The van der Waals surface area contributed by atoms with Crippen molar-refractivity contribution < 1.29 is 23.1 Å². The van der Waals surface area contributed by atoms with Crippen LogP contribution in [0, 0.1) is 0 Å². The summed E-state index contributed by atoms with van der Waals surface area (Å²) in [7, 11) is 1.60. The molecule has 0 amide bonds. The molecule has 5 nitrogen and oxygen atoms in total. The van der Waals surface area contributed by atoms with Crippen molar-refractivity contribution in [3.63, 3.8) is 0 Å². The minimum absolute atomic E-state index is 0.0666. The van der Waals surface area contributed by atoms with Gasteiger partial charge in [0, 0.05) is 19.0 Å². The Labute approximate surface area is 121 Å². The molecule has 112 valence electrons. The largest absolute Gasteiger partial charge is 0.478 e. The Morgan fingerprint density at radius 2 is 2.10 bits per heavy atom. The third kappa shape index (κ3) is 3.54. The number of nitrogens with zero attached hydrogens (tertiary/aromatic N) is 3. The number of halogens is 3. The number of thioether (sulfide) groups is 1. The molecule has 9 heteroatoms. The Morgan fingerprint density at radius 3 is 2.62 bits per heavy atom.